The number of hydrazine groups is 1. The molecule has 0 aliphatic heterocycles. The maximum Gasteiger partial charge on any atom is 0.0392 e. The summed E-state index contributed by atoms with van der Waals surface area (Å²) in [7, 11) is 0. The Kier molecular flexibility index (Phi) is 6.20. The molecule has 74 valence electrons. The molecule has 0 aromatic heterocycles. The van der Waals surface area contributed by atoms with E-state index >= 15 is 0 Å². The van der Waals surface area contributed by atoms with Gasteiger partial charge in [0.1, 0.15) is 0 Å². The molecule has 0 rings (SSSR count). The number of hydrogen-bond acceptors (Lipinski definition) is 2. The van der Waals surface area contributed by atoms with Crippen LogP contribution in [0.3, 0.4) is 0 Å². The molecule has 3 N–H and O–H groups in total. The van der Waals surface area contributed by atoms with Gasteiger partial charge in [0, 0.05) is 5.54 Å². The third-order valence-corrected chi connectivity index (χ3v) is 2.20. The smallest absolute Gasteiger partial charge is 0.0392 e. The molecule has 0 saturated carbocycles. The first-order valence-corrected chi connectivity index (χ1v) is 4.55. The average molecular weight is 180 g/mol. The van der Waals surface area contributed by atoms with Gasteiger partial charge < -0.3 is 0 Å². The first-order chi connectivity index (χ1) is 6.24. The van der Waals surface area contributed by atoms with Crippen molar-refractivity contribution in [3.63, 3.8) is 0 Å². The standard InChI is InChI=1S/C11H20N2/c1-4-7-10-11(13-12,8-5-2)9-6-3/h4-6,13H,1-3,7-10,12H2. The van der Waals surface area contributed by atoms with Crippen molar-refractivity contribution in [1.82, 2.24) is 5.43 Å². The quantitative estimate of drug-likeness (QED) is 0.342. The van der Waals surface area contributed by atoms with Crippen LogP contribution in [0.5, 0.6) is 0 Å². The second-order valence-corrected chi connectivity index (χ2v) is 3.24. The van der Waals surface area contributed by atoms with E-state index < -0.39 is 0 Å². The van der Waals surface area contributed by atoms with Crippen LogP contribution in [-0.2, 0) is 0 Å². The Morgan fingerprint density at radius 1 is 1.08 bits per heavy atom. The summed E-state index contributed by atoms with van der Waals surface area (Å²) in [6.45, 7) is 11.2. The normalized spacial score (nSPS) is 10.8. The molecule has 0 aromatic carbocycles. The summed E-state index contributed by atoms with van der Waals surface area (Å²) in [6.07, 6.45) is 9.28. The molecule has 0 unspecified atom stereocenters. The van der Waals surface area contributed by atoms with Crippen LogP contribution in [-0.4, -0.2) is 5.54 Å². The predicted molar refractivity (Wildman–Crippen MR) is 59.1 cm³/mol. The zero-order valence-corrected chi connectivity index (χ0v) is 8.26. The van der Waals surface area contributed by atoms with Gasteiger partial charge >= 0.3 is 0 Å². The Morgan fingerprint density at radius 3 is 1.92 bits per heavy atom. The maximum atomic E-state index is 5.54. The van der Waals surface area contributed by atoms with Crippen LogP contribution in [0.4, 0.5) is 0 Å². The maximum absolute atomic E-state index is 5.54. The molecular weight excluding hydrogens is 160 g/mol. The SMILES string of the molecule is C=CCCC(CC=C)(CC=C)NN. The summed E-state index contributed by atoms with van der Waals surface area (Å²) in [5.41, 5.74) is 2.78. The van der Waals surface area contributed by atoms with E-state index in [1.807, 2.05) is 18.2 Å². The van der Waals surface area contributed by atoms with E-state index in [0.29, 0.717) is 0 Å². The second-order valence-electron chi connectivity index (χ2n) is 3.24. The molecule has 0 aliphatic rings. The lowest BCUT2D eigenvalue weighted by Crippen LogP contribution is -2.48. The van der Waals surface area contributed by atoms with Gasteiger partial charge in [-0.1, -0.05) is 18.2 Å². The third kappa shape index (κ3) is 4.06. The van der Waals surface area contributed by atoms with Gasteiger partial charge in [0.15, 0.2) is 0 Å². The van der Waals surface area contributed by atoms with Crippen molar-refractivity contribution in [3.05, 3.63) is 38.0 Å². The zero-order chi connectivity index (χ0) is 10.2. The van der Waals surface area contributed by atoms with E-state index in [0.717, 1.165) is 25.7 Å². The largest absolute Gasteiger partial charge is 0.271 e. The van der Waals surface area contributed by atoms with E-state index in [4.69, 9.17) is 5.84 Å². The number of nitrogens with two attached hydrogens (primary N) is 1. The van der Waals surface area contributed by atoms with E-state index in [1.165, 1.54) is 0 Å². The summed E-state index contributed by atoms with van der Waals surface area (Å²) in [4.78, 5) is 0. The van der Waals surface area contributed by atoms with E-state index in [9.17, 15) is 0 Å². The van der Waals surface area contributed by atoms with Crippen LogP contribution >= 0.6 is 0 Å². The zero-order valence-electron chi connectivity index (χ0n) is 8.26. The van der Waals surface area contributed by atoms with E-state index in [-0.39, 0.29) is 5.54 Å². The molecule has 0 aromatic rings. The average Bonchev–Trinajstić information content (AvgIpc) is 2.15. The summed E-state index contributed by atoms with van der Waals surface area (Å²) in [5.74, 6) is 5.54. The summed E-state index contributed by atoms with van der Waals surface area (Å²) < 4.78 is 0. The molecular formula is C11H20N2. The summed E-state index contributed by atoms with van der Waals surface area (Å²) in [6, 6.07) is 0. The third-order valence-electron chi connectivity index (χ3n) is 2.20. The molecule has 0 radical (unpaired) electrons. The van der Waals surface area contributed by atoms with Crippen molar-refractivity contribution in [2.75, 3.05) is 0 Å². The molecule has 2 heteroatoms. The lowest BCUT2D eigenvalue weighted by Gasteiger charge is -2.30. The molecule has 0 aliphatic carbocycles. The van der Waals surface area contributed by atoms with Crippen LogP contribution in [0.2, 0.25) is 0 Å². The van der Waals surface area contributed by atoms with Crippen LogP contribution in [0.15, 0.2) is 38.0 Å². The highest BCUT2D eigenvalue weighted by molar-refractivity contribution is 4.98. The molecule has 0 bridgehead atoms. The molecule has 0 atom stereocenters. The van der Waals surface area contributed by atoms with Gasteiger partial charge in [-0.3, -0.25) is 11.3 Å². The Hall–Kier alpha value is -0.860. The van der Waals surface area contributed by atoms with Gasteiger partial charge in [0.2, 0.25) is 0 Å². The highest BCUT2D eigenvalue weighted by atomic mass is 15.3. The molecule has 13 heavy (non-hydrogen) atoms. The minimum absolute atomic E-state index is 0.0856. The molecule has 2 nitrogen and oxygen atoms in total. The summed E-state index contributed by atoms with van der Waals surface area (Å²) >= 11 is 0. The molecule has 0 spiro atoms. The fourth-order valence-corrected chi connectivity index (χ4v) is 1.41. The van der Waals surface area contributed by atoms with E-state index in [1.54, 1.807) is 0 Å². The molecule has 0 saturated heterocycles. The van der Waals surface area contributed by atoms with Crippen molar-refractivity contribution < 1.29 is 0 Å². The topological polar surface area (TPSA) is 38.0 Å². The van der Waals surface area contributed by atoms with Crippen LogP contribution in [0.25, 0.3) is 0 Å². The Bertz CT molecular complexity index is 163. The highest BCUT2D eigenvalue weighted by Crippen LogP contribution is 2.22. The highest BCUT2D eigenvalue weighted by Gasteiger charge is 2.24. The van der Waals surface area contributed by atoms with E-state index in [2.05, 4.69) is 25.2 Å². The van der Waals surface area contributed by atoms with Crippen LogP contribution < -0.4 is 11.3 Å². The van der Waals surface area contributed by atoms with Gasteiger partial charge in [-0.2, -0.15) is 0 Å². The first kappa shape index (κ1) is 12.1. The lowest BCUT2D eigenvalue weighted by atomic mass is 9.87. The van der Waals surface area contributed by atoms with Crippen molar-refractivity contribution in [1.29, 1.82) is 0 Å². The Morgan fingerprint density at radius 2 is 1.62 bits per heavy atom. The van der Waals surface area contributed by atoms with Crippen molar-refractivity contribution in [2.45, 2.75) is 31.2 Å². The number of rotatable bonds is 8. The number of nitrogens with one attached hydrogen (secondary N) is 1. The van der Waals surface area contributed by atoms with Crippen LogP contribution in [0.1, 0.15) is 25.7 Å². The van der Waals surface area contributed by atoms with Crippen molar-refractivity contribution in [2.24, 2.45) is 5.84 Å². The van der Waals surface area contributed by atoms with Gasteiger partial charge in [-0.05, 0) is 25.7 Å². The number of allylic oxidation sites excluding steroid dienone is 1. The minimum atomic E-state index is -0.0856. The Labute approximate surface area is 81.2 Å². The predicted octanol–water partition coefficient (Wildman–Crippen LogP) is 2.31. The van der Waals surface area contributed by atoms with Gasteiger partial charge in [-0.25, -0.2) is 0 Å². The first-order valence-electron chi connectivity index (χ1n) is 4.55. The molecule has 0 amide bonds. The number of hydrogen-bond donors (Lipinski definition) is 2. The fraction of sp³-hybridized carbons (Fsp3) is 0.455. The summed E-state index contributed by atoms with van der Waals surface area (Å²) in [5, 5.41) is 0. The monoisotopic (exact) mass is 180 g/mol. The van der Waals surface area contributed by atoms with Crippen molar-refractivity contribution in [3.8, 4) is 0 Å². The van der Waals surface area contributed by atoms with Gasteiger partial charge in [0.05, 0.1) is 0 Å². The minimum Gasteiger partial charge on any atom is -0.271 e. The van der Waals surface area contributed by atoms with Gasteiger partial charge in [0.25, 0.3) is 0 Å². The van der Waals surface area contributed by atoms with Crippen LogP contribution in [0, 0.1) is 0 Å². The lowest BCUT2D eigenvalue weighted by molar-refractivity contribution is 0.313. The van der Waals surface area contributed by atoms with Gasteiger partial charge in [-0.15, -0.1) is 19.7 Å². The molecule has 0 heterocycles. The second kappa shape index (κ2) is 6.63. The molecule has 0 fully saturated rings. The van der Waals surface area contributed by atoms with Crippen molar-refractivity contribution >= 4 is 0 Å². The Balaban J connectivity index is 4.31. The fourth-order valence-electron chi connectivity index (χ4n) is 1.41.